The average Bonchev–Trinajstić information content (AvgIpc) is 3.90. The zero-order valence-corrected chi connectivity index (χ0v) is 22.2. The Labute approximate surface area is 228 Å². The second-order valence-electron chi connectivity index (χ2n) is 10.8. The molecule has 1 aromatic carbocycles. The summed E-state index contributed by atoms with van der Waals surface area (Å²) in [5.41, 5.74) is 3.12. The van der Waals surface area contributed by atoms with E-state index in [-0.39, 0.29) is 23.3 Å². The topological polar surface area (TPSA) is 147 Å². The molecule has 0 spiro atoms. The number of carbonyl (C=O) groups is 2. The van der Waals surface area contributed by atoms with E-state index in [0.717, 1.165) is 68.4 Å². The van der Waals surface area contributed by atoms with Gasteiger partial charge in [-0.2, -0.15) is 5.26 Å². The van der Waals surface area contributed by atoms with Crippen molar-refractivity contribution >= 4 is 24.0 Å². The summed E-state index contributed by atoms with van der Waals surface area (Å²) in [4.78, 5) is 35.8. The molecule has 2 aromatic rings. The van der Waals surface area contributed by atoms with Crippen LogP contribution in [0.25, 0.3) is 11.3 Å². The molecule has 1 saturated heterocycles. The Bertz CT molecular complexity index is 1310. The molecule has 0 atom stereocenters. The second-order valence-corrected chi connectivity index (χ2v) is 10.8. The van der Waals surface area contributed by atoms with E-state index in [0.29, 0.717) is 29.7 Å². The van der Waals surface area contributed by atoms with Gasteiger partial charge in [0, 0.05) is 61.3 Å². The van der Waals surface area contributed by atoms with Crippen LogP contribution in [0.4, 0.5) is 5.95 Å². The highest BCUT2D eigenvalue weighted by Gasteiger charge is 2.43. The van der Waals surface area contributed by atoms with Gasteiger partial charge < -0.3 is 26.3 Å². The van der Waals surface area contributed by atoms with E-state index >= 15 is 0 Å². The van der Waals surface area contributed by atoms with Crippen LogP contribution in [0.1, 0.15) is 54.4 Å². The third-order valence-corrected chi connectivity index (χ3v) is 7.69. The van der Waals surface area contributed by atoms with Crippen molar-refractivity contribution in [2.75, 3.05) is 25.0 Å². The van der Waals surface area contributed by atoms with Crippen molar-refractivity contribution in [2.24, 2.45) is 11.3 Å². The number of carbonyl (C=O) groups excluding carboxylic acids is 2. The molecule has 2 aliphatic carbocycles. The number of aryl methyl sites for hydroxylation is 1. The third-order valence-electron chi connectivity index (χ3n) is 7.69. The first-order valence-electron chi connectivity index (χ1n) is 13.6. The molecule has 10 nitrogen and oxygen atoms in total. The monoisotopic (exact) mass is 526 g/mol. The van der Waals surface area contributed by atoms with Crippen molar-refractivity contribution < 1.29 is 9.59 Å². The molecule has 0 bridgehead atoms. The van der Waals surface area contributed by atoms with Gasteiger partial charge in [-0.3, -0.25) is 9.59 Å². The zero-order chi connectivity index (χ0) is 27.4. The first-order chi connectivity index (χ1) is 18.9. The minimum Gasteiger partial charge on any atom is -0.386 e. The Morgan fingerprint density at radius 3 is 2.51 bits per heavy atom. The molecule has 2 saturated carbocycles. The summed E-state index contributed by atoms with van der Waals surface area (Å²) in [5, 5.41) is 26.4. The highest BCUT2D eigenvalue weighted by Crippen LogP contribution is 2.44. The molecule has 202 valence electrons. The van der Waals surface area contributed by atoms with Crippen molar-refractivity contribution in [1.82, 2.24) is 25.5 Å². The van der Waals surface area contributed by atoms with Crippen molar-refractivity contribution in [1.29, 1.82) is 10.7 Å². The smallest absolute Gasteiger partial charge is 0.251 e. The van der Waals surface area contributed by atoms with Gasteiger partial charge in [0.25, 0.3) is 5.91 Å². The van der Waals surface area contributed by atoms with E-state index < -0.39 is 0 Å². The lowest BCUT2D eigenvalue weighted by Crippen LogP contribution is -2.44. The number of piperidine rings is 1. The standard InChI is InChI=1S/C29H34N8O2/c1-19-15-33-28(35-24(14-30)16-32-23-8-12-37(13-9-23)27(39)22-6-7-22)36-25(19)20-2-4-21(5-3-20)26(38)34-18-29(17-31)10-11-29/h2-5,14-16,22-23,30,32H,6-13,18H2,1H3,(H,34,38)(H,33,35,36)/b24-16+,30-14?. The van der Waals surface area contributed by atoms with Crippen LogP contribution in [-0.4, -0.2) is 58.6 Å². The van der Waals surface area contributed by atoms with Crippen LogP contribution in [0.15, 0.2) is 42.4 Å². The summed E-state index contributed by atoms with van der Waals surface area (Å²) in [6, 6.07) is 9.72. The van der Waals surface area contributed by atoms with Crippen LogP contribution in [0, 0.1) is 35.0 Å². The number of likely N-dealkylation sites (tertiary alicyclic amines) is 1. The normalized spacial score (nSPS) is 18.6. The van der Waals surface area contributed by atoms with E-state index in [1.54, 1.807) is 24.5 Å². The van der Waals surface area contributed by atoms with Crippen LogP contribution in [-0.2, 0) is 4.79 Å². The molecule has 0 unspecified atom stereocenters. The van der Waals surface area contributed by atoms with E-state index in [2.05, 4.69) is 32.0 Å². The predicted octanol–water partition coefficient (Wildman–Crippen LogP) is 3.38. The molecular weight excluding hydrogens is 492 g/mol. The molecule has 39 heavy (non-hydrogen) atoms. The summed E-state index contributed by atoms with van der Waals surface area (Å²) in [5.74, 6) is 0.733. The maximum atomic E-state index is 12.5. The number of rotatable bonds is 10. The van der Waals surface area contributed by atoms with Crippen LogP contribution >= 0.6 is 0 Å². The highest BCUT2D eigenvalue weighted by atomic mass is 16.2. The van der Waals surface area contributed by atoms with Crippen molar-refractivity contribution in [3.05, 3.63) is 53.5 Å². The number of amides is 2. The molecule has 0 radical (unpaired) electrons. The molecule has 4 N–H and O–H groups in total. The average molecular weight is 527 g/mol. The summed E-state index contributed by atoms with van der Waals surface area (Å²) in [7, 11) is 0. The number of nitriles is 1. The Morgan fingerprint density at radius 1 is 1.18 bits per heavy atom. The molecule has 3 aliphatic rings. The quantitative estimate of drug-likeness (QED) is 0.347. The maximum absolute atomic E-state index is 12.5. The lowest BCUT2D eigenvalue weighted by molar-refractivity contribution is -0.133. The number of nitrogens with zero attached hydrogens (tertiary/aromatic N) is 4. The van der Waals surface area contributed by atoms with Crippen molar-refractivity contribution in [3.63, 3.8) is 0 Å². The van der Waals surface area contributed by atoms with Gasteiger partial charge in [0.15, 0.2) is 0 Å². The molecule has 3 fully saturated rings. The van der Waals surface area contributed by atoms with Crippen LogP contribution in [0.3, 0.4) is 0 Å². The predicted molar refractivity (Wildman–Crippen MR) is 148 cm³/mol. The van der Waals surface area contributed by atoms with Crippen molar-refractivity contribution in [3.8, 4) is 17.3 Å². The summed E-state index contributed by atoms with van der Waals surface area (Å²) in [6.07, 6.45) is 10.2. The molecule has 5 rings (SSSR count). The Hall–Kier alpha value is -4.26. The minimum absolute atomic E-state index is 0.196. The zero-order valence-electron chi connectivity index (χ0n) is 22.2. The Balaban J connectivity index is 1.18. The number of benzene rings is 1. The van der Waals surface area contributed by atoms with Crippen molar-refractivity contribution in [2.45, 2.75) is 51.5 Å². The van der Waals surface area contributed by atoms with Crippen LogP contribution < -0.4 is 16.0 Å². The van der Waals surface area contributed by atoms with E-state index in [1.807, 2.05) is 24.0 Å². The van der Waals surface area contributed by atoms with Gasteiger partial charge in [-0.05, 0) is 63.1 Å². The van der Waals surface area contributed by atoms with Gasteiger partial charge in [-0.25, -0.2) is 9.97 Å². The van der Waals surface area contributed by atoms with Crippen LogP contribution in [0.5, 0.6) is 0 Å². The fraction of sp³-hybridized carbons (Fsp3) is 0.448. The lowest BCUT2D eigenvalue weighted by Gasteiger charge is -2.32. The number of allylic oxidation sites excluding steroid dienone is 1. The first-order valence-corrected chi connectivity index (χ1v) is 13.6. The highest BCUT2D eigenvalue weighted by molar-refractivity contribution is 5.94. The van der Waals surface area contributed by atoms with Gasteiger partial charge in [0.05, 0.1) is 22.9 Å². The fourth-order valence-electron chi connectivity index (χ4n) is 4.71. The molecule has 2 amide bonds. The second kappa shape index (κ2) is 11.2. The van der Waals surface area contributed by atoms with Gasteiger partial charge in [-0.1, -0.05) is 12.1 Å². The molecule has 1 aliphatic heterocycles. The third kappa shape index (κ3) is 6.42. The van der Waals surface area contributed by atoms with E-state index in [9.17, 15) is 14.9 Å². The first kappa shape index (κ1) is 26.4. The summed E-state index contributed by atoms with van der Waals surface area (Å²) >= 11 is 0. The number of aromatic nitrogens is 2. The number of hydrogen-bond donors (Lipinski definition) is 4. The SMILES string of the molecule is Cc1cnc(N/C(C=N)=C/NC2CCN(C(=O)C3CC3)CC2)nc1-c1ccc(C(=O)NCC2(C#N)CC2)cc1. The van der Waals surface area contributed by atoms with E-state index in [1.165, 1.54) is 6.21 Å². The van der Waals surface area contributed by atoms with Gasteiger partial charge in [0.2, 0.25) is 11.9 Å². The van der Waals surface area contributed by atoms with Gasteiger partial charge >= 0.3 is 0 Å². The molecule has 2 heterocycles. The summed E-state index contributed by atoms with van der Waals surface area (Å²) in [6.45, 7) is 3.83. The minimum atomic E-state index is -0.385. The maximum Gasteiger partial charge on any atom is 0.251 e. The number of anilines is 1. The summed E-state index contributed by atoms with van der Waals surface area (Å²) < 4.78 is 0. The molecular formula is C29H34N8O2. The number of hydrogen-bond acceptors (Lipinski definition) is 8. The molecule has 10 heteroatoms. The largest absolute Gasteiger partial charge is 0.386 e. The number of nitrogens with one attached hydrogen (secondary N) is 4. The van der Waals surface area contributed by atoms with Crippen LogP contribution in [0.2, 0.25) is 0 Å². The molecule has 1 aromatic heterocycles. The Morgan fingerprint density at radius 2 is 1.90 bits per heavy atom. The van der Waals surface area contributed by atoms with E-state index in [4.69, 9.17) is 5.41 Å². The fourth-order valence-corrected chi connectivity index (χ4v) is 4.71. The van der Waals surface area contributed by atoms with Gasteiger partial charge in [0.1, 0.15) is 0 Å². The Kier molecular flexibility index (Phi) is 7.59. The lowest BCUT2D eigenvalue weighted by atomic mass is 10.0. The van der Waals surface area contributed by atoms with Gasteiger partial charge in [-0.15, -0.1) is 0 Å².